The van der Waals surface area contributed by atoms with Crippen LogP contribution in [-0.4, -0.2) is 32.0 Å². The highest BCUT2D eigenvalue weighted by atomic mass is 35.5. The minimum Gasteiger partial charge on any atom is -0.358 e. The third-order valence-corrected chi connectivity index (χ3v) is 2.94. The fourth-order valence-electron chi connectivity index (χ4n) is 1.22. The van der Waals surface area contributed by atoms with Gasteiger partial charge in [0.15, 0.2) is 0 Å². The van der Waals surface area contributed by atoms with Gasteiger partial charge in [-0.2, -0.15) is 0 Å². The van der Waals surface area contributed by atoms with Gasteiger partial charge in [0.2, 0.25) is 11.8 Å². The van der Waals surface area contributed by atoms with Crippen molar-refractivity contribution in [1.29, 1.82) is 0 Å². The highest BCUT2D eigenvalue weighted by Crippen LogP contribution is 2.33. The zero-order valence-corrected chi connectivity index (χ0v) is 12.3. The molecular weight excluding hydrogens is 312 g/mol. The molecule has 0 aromatic heterocycles. The average Bonchev–Trinajstić information content (AvgIpc) is 2.33. The molecule has 0 fully saturated rings. The number of carbonyl (C=O) groups is 2. The van der Waals surface area contributed by atoms with Crippen LogP contribution in [0.1, 0.15) is 0 Å². The van der Waals surface area contributed by atoms with Crippen LogP contribution < -0.4 is 16.0 Å². The van der Waals surface area contributed by atoms with Gasteiger partial charge in [-0.05, 0) is 12.1 Å². The van der Waals surface area contributed by atoms with E-state index in [0.29, 0.717) is 10.7 Å². The van der Waals surface area contributed by atoms with Crippen molar-refractivity contribution in [2.75, 3.05) is 25.5 Å². The SMILES string of the molecule is CNC(=O)CNCC(=O)Nc1c(Cl)cc(Cl)cc1Cl. The molecule has 3 N–H and O–H groups in total. The summed E-state index contributed by atoms with van der Waals surface area (Å²) in [5, 5.41) is 8.51. The molecule has 104 valence electrons. The minimum absolute atomic E-state index is 0.0390. The van der Waals surface area contributed by atoms with E-state index in [1.54, 1.807) is 0 Å². The van der Waals surface area contributed by atoms with E-state index >= 15 is 0 Å². The molecule has 0 heterocycles. The molecular formula is C11H12Cl3N3O2. The Bertz CT molecular complexity index is 471. The second-order valence-electron chi connectivity index (χ2n) is 3.57. The predicted octanol–water partition coefficient (Wildman–Crippen LogP) is 1.92. The van der Waals surface area contributed by atoms with Crippen molar-refractivity contribution in [1.82, 2.24) is 10.6 Å². The fourth-order valence-corrected chi connectivity index (χ4v) is 2.13. The Hall–Kier alpha value is -1.01. The molecule has 0 unspecified atom stereocenters. The Morgan fingerprint density at radius 1 is 1.05 bits per heavy atom. The molecule has 8 heteroatoms. The van der Waals surface area contributed by atoms with E-state index in [2.05, 4.69) is 16.0 Å². The maximum absolute atomic E-state index is 11.6. The third kappa shape index (κ3) is 5.24. The number of amides is 2. The van der Waals surface area contributed by atoms with E-state index in [4.69, 9.17) is 34.8 Å². The molecule has 0 saturated heterocycles. The van der Waals surface area contributed by atoms with Gasteiger partial charge in [0.25, 0.3) is 0 Å². The number of hydrogen-bond donors (Lipinski definition) is 3. The van der Waals surface area contributed by atoms with E-state index in [1.165, 1.54) is 19.2 Å². The van der Waals surface area contributed by atoms with E-state index in [1.807, 2.05) is 0 Å². The van der Waals surface area contributed by atoms with Crippen LogP contribution in [0.15, 0.2) is 12.1 Å². The number of hydrogen-bond acceptors (Lipinski definition) is 3. The van der Waals surface area contributed by atoms with Gasteiger partial charge in [0.05, 0.1) is 28.8 Å². The summed E-state index contributed by atoms with van der Waals surface area (Å²) in [5.41, 5.74) is 0.291. The second kappa shape index (κ2) is 7.55. The van der Waals surface area contributed by atoms with Crippen molar-refractivity contribution in [3.63, 3.8) is 0 Å². The van der Waals surface area contributed by atoms with Crippen molar-refractivity contribution in [2.45, 2.75) is 0 Å². The van der Waals surface area contributed by atoms with Crippen LogP contribution in [0.2, 0.25) is 15.1 Å². The van der Waals surface area contributed by atoms with Gasteiger partial charge in [0.1, 0.15) is 0 Å². The van der Waals surface area contributed by atoms with Crippen LogP contribution >= 0.6 is 34.8 Å². The lowest BCUT2D eigenvalue weighted by Crippen LogP contribution is -2.36. The van der Waals surface area contributed by atoms with Crippen LogP contribution in [0.4, 0.5) is 5.69 Å². The summed E-state index contributed by atoms with van der Waals surface area (Å²) in [6.07, 6.45) is 0. The standard InChI is InChI=1S/C11H12Cl3N3O2/c1-15-9(18)4-16-5-10(19)17-11-7(13)2-6(12)3-8(11)14/h2-3,16H,4-5H2,1H3,(H,15,18)(H,17,19). The summed E-state index contributed by atoms with van der Waals surface area (Å²) < 4.78 is 0. The number of anilines is 1. The first-order valence-electron chi connectivity index (χ1n) is 5.29. The smallest absolute Gasteiger partial charge is 0.238 e. The van der Waals surface area contributed by atoms with Crippen molar-refractivity contribution >= 4 is 52.3 Å². The Morgan fingerprint density at radius 2 is 1.58 bits per heavy atom. The summed E-state index contributed by atoms with van der Waals surface area (Å²) in [6, 6.07) is 2.95. The number of carbonyl (C=O) groups excluding carboxylic acids is 2. The molecule has 0 aliphatic carbocycles. The lowest BCUT2D eigenvalue weighted by atomic mass is 10.3. The Labute approximate surface area is 125 Å². The number of benzene rings is 1. The van der Waals surface area contributed by atoms with E-state index < -0.39 is 0 Å². The van der Waals surface area contributed by atoms with E-state index in [9.17, 15) is 9.59 Å². The highest BCUT2D eigenvalue weighted by Gasteiger charge is 2.11. The van der Waals surface area contributed by atoms with Crippen molar-refractivity contribution in [2.24, 2.45) is 0 Å². The van der Waals surface area contributed by atoms with Crippen molar-refractivity contribution in [3.8, 4) is 0 Å². The zero-order chi connectivity index (χ0) is 14.4. The molecule has 1 rings (SSSR count). The second-order valence-corrected chi connectivity index (χ2v) is 4.82. The van der Waals surface area contributed by atoms with Crippen LogP contribution in [0.5, 0.6) is 0 Å². The van der Waals surface area contributed by atoms with Crippen molar-refractivity contribution < 1.29 is 9.59 Å². The maximum Gasteiger partial charge on any atom is 0.238 e. The third-order valence-electron chi connectivity index (χ3n) is 2.12. The van der Waals surface area contributed by atoms with Gasteiger partial charge >= 0.3 is 0 Å². The maximum atomic E-state index is 11.6. The van der Waals surface area contributed by atoms with Crippen LogP contribution in [-0.2, 0) is 9.59 Å². The van der Waals surface area contributed by atoms with E-state index in [0.717, 1.165) is 0 Å². The topological polar surface area (TPSA) is 70.2 Å². The fraction of sp³-hybridized carbons (Fsp3) is 0.273. The average molecular weight is 325 g/mol. The van der Waals surface area contributed by atoms with Gasteiger partial charge in [-0.3, -0.25) is 14.9 Å². The first-order valence-corrected chi connectivity index (χ1v) is 6.43. The molecule has 0 radical (unpaired) electrons. The lowest BCUT2D eigenvalue weighted by molar-refractivity contribution is -0.119. The number of rotatable bonds is 5. The summed E-state index contributed by atoms with van der Waals surface area (Å²) in [4.78, 5) is 22.6. The van der Waals surface area contributed by atoms with Crippen LogP contribution in [0.25, 0.3) is 0 Å². The van der Waals surface area contributed by atoms with Gasteiger partial charge in [-0.1, -0.05) is 34.8 Å². The molecule has 1 aromatic carbocycles. The first-order chi connectivity index (χ1) is 8.93. The summed E-state index contributed by atoms with van der Waals surface area (Å²) >= 11 is 17.6. The quantitative estimate of drug-likeness (QED) is 0.775. The molecule has 0 aliphatic heterocycles. The Kier molecular flexibility index (Phi) is 6.37. The molecule has 5 nitrogen and oxygen atoms in total. The number of halogens is 3. The van der Waals surface area contributed by atoms with Crippen molar-refractivity contribution in [3.05, 3.63) is 27.2 Å². The molecule has 0 saturated carbocycles. The van der Waals surface area contributed by atoms with Gasteiger partial charge < -0.3 is 10.6 Å². The number of nitrogens with one attached hydrogen (secondary N) is 3. The molecule has 0 bridgehead atoms. The lowest BCUT2D eigenvalue weighted by Gasteiger charge is -2.10. The highest BCUT2D eigenvalue weighted by molar-refractivity contribution is 6.42. The van der Waals surface area contributed by atoms with E-state index in [-0.39, 0.29) is 34.9 Å². The zero-order valence-electron chi connectivity index (χ0n) is 10.0. The first kappa shape index (κ1) is 16.0. The molecule has 19 heavy (non-hydrogen) atoms. The van der Waals surface area contributed by atoms with Gasteiger partial charge in [-0.25, -0.2) is 0 Å². The normalized spacial score (nSPS) is 10.1. The monoisotopic (exact) mass is 323 g/mol. The molecule has 2 amide bonds. The molecule has 1 aromatic rings. The number of likely N-dealkylation sites (N-methyl/N-ethyl adjacent to an activating group) is 1. The molecule has 0 atom stereocenters. The largest absolute Gasteiger partial charge is 0.358 e. The van der Waals surface area contributed by atoms with Crippen LogP contribution in [0.3, 0.4) is 0 Å². The summed E-state index contributed by atoms with van der Waals surface area (Å²) in [5.74, 6) is -0.578. The minimum atomic E-state index is -0.366. The Morgan fingerprint density at radius 3 is 2.11 bits per heavy atom. The van der Waals surface area contributed by atoms with Crippen LogP contribution in [0, 0.1) is 0 Å². The predicted molar refractivity (Wildman–Crippen MR) is 77.0 cm³/mol. The Balaban J connectivity index is 2.56. The summed E-state index contributed by atoms with van der Waals surface area (Å²) in [7, 11) is 1.51. The van der Waals surface area contributed by atoms with Gasteiger partial charge in [0, 0.05) is 12.1 Å². The molecule has 0 aliphatic rings. The molecule has 0 spiro atoms. The summed E-state index contributed by atoms with van der Waals surface area (Å²) in [6.45, 7) is 0.00864. The van der Waals surface area contributed by atoms with Gasteiger partial charge in [-0.15, -0.1) is 0 Å².